The van der Waals surface area contributed by atoms with Crippen LogP contribution < -0.4 is 5.32 Å². The number of methoxy groups -OCH3 is 1. The molecule has 0 unspecified atom stereocenters. The van der Waals surface area contributed by atoms with Crippen molar-refractivity contribution in [2.24, 2.45) is 0 Å². The lowest BCUT2D eigenvalue weighted by Gasteiger charge is -2.23. The molecule has 0 atom stereocenters. The van der Waals surface area contributed by atoms with Crippen LogP contribution >= 0.6 is 0 Å². The SMILES string of the molecule is COC(=O)c1n[nH]nc1C12CCC(CC1)N2. The fourth-order valence-corrected chi connectivity index (χ4v) is 2.90. The van der Waals surface area contributed by atoms with Crippen LogP contribution in [0.5, 0.6) is 0 Å². The molecule has 2 saturated heterocycles. The first-order chi connectivity index (χ1) is 7.75. The second-order valence-corrected chi connectivity index (χ2v) is 4.51. The zero-order valence-electron chi connectivity index (χ0n) is 9.12. The largest absolute Gasteiger partial charge is 0.464 e. The van der Waals surface area contributed by atoms with Crippen molar-refractivity contribution in [3.63, 3.8) is 0 Å². The van der Waals surface area contributed by atoms with Gasteiger partial charge in [-0.05, 0) is 25.7 Å². The van der Waals surface area contributed by atoms with Gasteiger partial charge in [-0.1, -0.05) is 0 Å². The Balaban J connectivity index is 2.00. The van der Waals surface area contributed by atoms with E-state index in [1.807, 2.05) is 0 Å². The summed E-state index contributed by atoms with van der Waals surface area (Å²) < 4.78 is 4.71. The number of carbonyl (C=O) groups is 1. The fraction of sp³-hybridized carbons (Fsp3) is 0.700. The summed E-state index contributed by atoms with van der Waals surface area (Å²) in [5.74, 6) is -0.421. The molecule has 6 heteroatoms. The first-order valence-electron chi connectivity index (χ1n) is 5.52. The van der Waals surface area contributed by atoms with Gasteiger partial charge in [-0.2, -0.15) is 10.3 Å². The van der Waals surface area contributed by atoms with Crippen molar-refractivity contribution >= 4 is 5.97 Å². The van der Waals surface area contributed by atoms with E-state index in [2.05, 4.69) is 20.7 Å². The molecule has 0 aliphatic carbocycles. The predicted octanol–water partition coefficient (Wildman–Crippen LogP) is 0.332. The van der Waals surface area contributed by atoms with E-state index in [0.29, 0.717) is 11.7 Å². The zero-order chi connectivity index (χ0) is 11.2. The lowest BCUT2D eigenvalue weighted by molar-refractivity contribution is 0.0590. The average molecular weight is 222 g/mol. The predicted molar refractivity (Wildman–Crippen MR) is 54.8 cm³/mol. The van der Waals surface area contributed by atoms with Crippen LogP contribution in [0.4, 0.5) is 0 Å². The third kappa shape index (κ3) is 1.19. The maximum absolute atomic E-state index is 11.6. The smallest absolute Gasteiger partial charge is 0.360 e. The van der Waals surface area contributed by atoms with Crippen LogP contribution in [0, 0.1) is 0 Å². The highest BCUT2D eigenvalue weighted by atomic mass is 16.5. The molecule has 2 fully saturated rings. The molecule has 0 saturated carbocycles. The Labute approximate surface area is 92.7 Å². The van der Waals surface area contributed by atoms with E-state index >= 15 is 0 Å². The van der Waals surface area contributed by atoms with Crippen LogP contribution in [0.25, 0.3) is 0 Å². The van der Waals surface area contributed by atoms with Gasteiger partial charge >= 0.3 is 5.97 Å². The number of aromatic nitrogens is 3. The van der Waals surface area contributed by atoms with Crippen LogP contribution in [-0.2, 0) is 10.3 Å². The second-order valence-electron chi connectivity index (χ2n) is 4.51. The van der Waals surface area contributed by atoms with Gasteiger partial charge < -0.3 is 10.1 Å². The molecular formula is C10H14N4O2. The Morgan fingerprint density at radius 3 is 2.75 bits per heavy atom. The van der Waals surface area contributed by atoms with Crippen molar-refractivity contribution in [3.8, 4) is 0 Å². The molecule has 3 heterocycles. The molecule has 1 aromatic heterocycles. The van der Waals surface area contributed by atoms with Gasteiger partial charge in [0.15, 0.2) is 5.69 Å². The lowest BCUT2D eigenvalue weighted by atomic mass is 9.84. The monoisotopic (exact) mass is 222 g/mol. The minimum absolute atomic E-state index is 0.152. The van der Waals surface area contributed by atoms with Gasteiger partial charge in [0.25, 0.3) is 0 Å². The number of hydrogen-bond donors (Lipinski definition) is 2. The molecule has 1 aromatic rings. The molecule has 6 nitrogen and oxygen atoms in total. The van der Waals surface area contributed by atoms with Crippen molar-refractivity contribution in [1.82, 2.24) is 20.7 Å². The van der Waals surface area contributed by atoms with Crippen molar-refractivity contribution in [2.45, 2.75) is 37.3 Å². The van der Waals surface area contributed by atoms with Crippen molar-refractivity contribution < 1.29 is 9.53 Å². The molecule has 2 bridgehead atoms. The Bertz CT molecular complexity index is 420. The number of fused-ring (bicyclic) bond motifs is 2. The lowest BCUT2D eigenvalue weighted by Crippen LogP contribution is -2.35. The maximum atomic E-state index is 11.6. The summed E-state index contributed by atoms with van der Waals surface area (Å²) in [5.41, 5.74) is 0.887. The second kappa shape index (κ2) is 3.28. The molecule has 2 aliphatic heterocycles. The summed E-state index contributed by atoms with van der Waals surface area (Å²) >= 11 is 0. The van der Waals surface area contributed by atoms with E-state index in [9.17, 15) is 4.79 Å². The van der Waals surface area contributed by atoms with E-state index in [1.54, 1.807) is 0 Å². The normalized spacial score (nSPS) is 31.9. The van der Waals surface area contributed by atoms with Crippen molar-refractivity contribution in [3.05, 3.63) is 11.4 Å². The summed E-state index contributed by atoms with van der Waals surface area (Å²) in [6.45, 7) is 0. The third-order valence-electron chi connectivity index (χ3n) is 3.70. The van der Waals surface area contributed by atoms with Gasteiger partial charge in [-0.15, -0.1) is 5.10 Å². The molecule has 2 N–H and O–H groups in total. The number of esters is 1. The number of rotatable bonds is 2. The Hall–Kier alpha value is -1.43. The van der Waals surface area contributed by atoms with Crippen molar-refractivity contribution in [1.29, 1.82) is 0 Å². The minimum atomic E-state index is -0.421. The molecule has 86 valence electrons. The highest BCUT2D eigenvalue weighted by Crippen LogP contribution is 2.44. The standard InChI is InChI=1S/C10H14N4O2/c1-16-9(15)7-8(13-14-12-7)10-4-2-6(11-10)3-5-10/h6,11H,2-5H2,1H3,(H,12,13,14). The molecular weight excluding hydrogens is 208 g/mol. The molecule has 3 rings (SSSR count). The van der Waals surface area contributed by atoms with Gasteiger partial charge in [0.1, 0.15) is 5.69 Å². The summed E-state index contributed by atoms with van der Waals surface area (Å²) in [6.07, 6.45) is 4.34. The Morgan fingerprint density at radius 2 is 2.19 bits per heavy atom. The van der Waals surface area contributed by atoms with Gasteiger partial charge in [-0.25, -0.2) is 4.79 Å². The van der Waals surface area contributed by atoms with E-state index in [-0.39, 0.29) is 5.54 Å². The van der Waals surface area contributed by atoms with Crippen LogP contribution in [-0.4, -0.2) is 34.5 Å². The molecule has 2 aliphatic rings. The molecule has 0 radical (unpaired) electrons. The number of nitrogens with one attached hydrogen (secondary N) is 2. The molecule has 0 aromatic carbocycles. The summed E-state index contributed by atoms with van der Waals surface area (Å²) in [4.78, 5) is 11.6. The summed E-state index contributed by atoms with van der Waals surface area (Å²) in [5, 5.41) is 14.1. The molecule has 0 spiro atoms. The van der Waals surface area contributed by atoms with Gasteiger partial charge in [0, 0.05) is 6.04 Å². The number of carbonyl (C=O) groups excluding carboxylic acids is 1. The highest BCUT2D eigenvalue weighted by molar-refractivity contribution is 5.88. The molecule has 16 heavy (non-hydrogen) atoms. The maximum Gasteiger partial charge on any atom is 0.360 e. The minimum Gasteiger partial charge on any atom is -0.464 e. The summed E-state index contributed by atoms with van der Waals surface area (Å²) in [6, 6.07) is 0.571. The average Bonchev–Trinajstić information content (AvgIpc) is 3.02. The molecule has 0 amide bonds. The quantitative estimate of drug-likeness (QED) is 0.705. The van der Waals surface area contributed by atoms with Gasteiger partial charge in [0.2, 0.25) is 0 Å². The van der Waals surface area contributed by atoms with Crippen LogP contribution in [0.15, 0.2) is 0 Å². The third-order valence-corrected chi connectivity index (χ3v) is 3.70. The Kier molecular flexibility index (Phi) is 2.00. The van der Waals surface area contributed by atoms with Gasteiger partial charge in [0.05, 0.1) is 12.6 Å². The Morgan fingerprint density at radius 1 is 1.44 bits per heavy atom. The number of ether oxygens (including phenoxy) is 1. The van der Waals surface area contributed by atoms with Crippen LogP contribution in [0.2, 0.25) is 0 Å². The highest BCUT2D eigenvalue weighted by Gasteiger charge is 2.49. The van der Waals surface area contributed by atoms with E-state index in [4.69, 9.17) is 4.74 Å². The van der Waals surface area contributed by atoms with E-state index in [0.717, 1.165) is 31.4 Å². The zero-order valence-corrected chi connectivity index (χ0v) is 9.12. The summed E-state index contributed by atoms with van der Waals surface area (Å²) in [7, 11) is 1.36. The van der Waals surface area contributed by atoms with E-state index < -0.39 is 5.97 Å². The van der Waals surface area contributed by atoms with Crippen LogP contribution in [0.1, 0.15) is 41.9 Å². The number of aromatic amines is 1. The van der Waals surface area contributed by atoms with Crippen molar-refractivity contribution in [2.75, 3.05) is 7.11 Å². The van der Waals surface area contributed by atoms with Gasteiger partial charge in [-0.3, -0.25) is 0 Å². The van der Waals surface area contributed by atoms with Crippen LogP contribution in [0.3, 0.4) is 0 Å². The topological polar surface area (TPSA) is 79.9 Å². The number of nitrogens with zero attached hydrogens (tertiary/aromatic N) is 2. The van der Waals surface area contributed by atoms with E-state index in [1.165, 1.54) is 7.11 Å². The first kappa shape index (κ1) is 9.77. The number of hydrogen-bond acceptors (Lipinski definition) is 5. The first-order valence-corrected chi connectivity index (χ1v) is 5.52. The number of H-pyrrole nitrogens is 1. The fourth-order valence-electron chi connectivity index (χ4n) is 2.90.